The predicted molar refractivity (Wildman–Crippen MR) is 112 cm³/mol. The van der Waals surface area contributed by atoms with Crippen LogP contribution in [-0.4, -0.2) is 36.1 Å². The molecule has 0 saturated carbocycles. The first-order chi connectivity index (χ1) is 14.0. The second kappa shape index (κ2) is 9.54. The van der Waals surface area contributed by atoms with E-state index in [2.05, 4.69) is 20.6 Å². The molecule has 1 heterocycles. The molecular weight excluding hydrogens is 368 g/mol. The SMILES string of the molecule is COc1ccc(OCCNC(=O)c2cc(Nc3cc(C)ccc3C)ncn2)cc1. The van der Waals surface area contributed by atoms with Crippen molar-refractivity contribution in [2.45, 2.75) is 13.8 Å². The van der Waals surface area contributed by atoms with Gasteiger partial charge in [0.05, 0.1) is 13.7 Å². The standard InChI is InChI=1S/C22H24N4O3/c1-15-4-5-16(2)19(12-15)26-21-13-20(24-14-25-21)22(27)23-10-11-29-18-8-6-17(28-3)7-9-18/h4-9,12-14H,10-11H2,1-3H3,(H,23,27)(H,24,25,26). The fourth-order valence-corrected chi connectivity index (χ4v) is 2.65. The molecule has 2 aromatic carbocycles. The first-order valence-electron chi connectivity index (χ1n) is 9.26. The van der Waals surface area contributed by atoms with Gasteiger partial charge >= 0.3 is 0 Å². The van der Waals surface area contributed by atoms with E-state index >= 15 is 0 Å². The van der Waals surface area contributed by atoms with Crippen molar-refractivity contribution in [2.75, 3.05) is 25.6 Å². The van der Waals surface area contributed by atoms with Crippen LogP contribution in [0.5, 0.6) is 11.5 Å². The second-order valence-corrected chi connectivity index (χ2v) is 6.51. The molecule has 3 rings (SSSR count). The molecule has 7 heteroatoms. The van der Waals surface area contributed by atoms with Crippen molar-refractivity contribution in [1.29, 1.82) is 0 Å². The smallest absolute Gasteiger partial charge is 0.270 e. The molecule has 1 aromatic heterocycles. The van der Waals surface area contributed by atoms with Gasteiger partial charge in [0.2, 0.25) is 0 Å². The van der Waals surface area contributed by atoms with Crippen molar-refractivity contribution in [3.05, 3.63) is 71.7 Å². The van der Waals surface area contributed by atoms with E-state index in [-0.39, 0.29) is 11.6 Å². The molecular formula is C22H24N4O3. The van der Waals surface area contributed by atoms with Gasteiger partial charge in [-0.15, -0.1) is 0 Å². The van der Waals surface area contributed by atoms with E-state index in [1.54, 1.807) is 13.2 Å². The molecule has 0 atom stereocenters. The molecule has 1 amide bonds. The Labute approximate surface area is 170 Å². The minimum atomic E-state index is -0.283. The molecule has 0 bridgehead atoms. The van der Waals surface area contributed by atoms with Crippen LogP contribution in [0.15, 0.2) is 54.9 Å². The Hall–Kier alpha value is -3.61. The van der Waals surface area contributed by atoms with Crippen molar-refractivity contribution in [3.63, 3.8) is 0 Å². The Morgan fingerprint density at radius 2 is 1.76 bits per heavy atom. The van der Waals surface area contributed by atoms with Crippen molar-refractivity contribution in [2.24, 2.45) is 0 Å². The third kappa shape index (κ3) is 5.68. The number of ether oxygens (including phenoxy) is 2. The van der Waals surface area contributed by atoms with Crippen molar-refractivity contribution >= 4 is 17.4 Å². The number of aryl methyl sites for hydroxylation is 2. The lowest BCUT2D eigenvalue weighted by atomic mass is 10.1. The number of amides is 1. The first kappa shape index (κ1) is 20.1. The van der Waals surface area contributed by atoms with E-state index in [4.69, 9.17) is 9.47 Å². The van der Waals surface area contributed by atoms with Crippen LogP contribution in [0.1, 0.15) is 21.6 Å². The van der Waals surface area contributed by atoms with Gasteiger partial charge in [-0.1, -0.05) is 12.1 Å². The van der Waals surface area contributed by atoms with Crippen LogP contribution < -0.4 is 20.1 Å². The van der Waals surface area contributed by atoms with Gasteiger partial charge in [-0.2, -0.15) is 0 Å². The zero-order valence-electron chi connectivity index (χ0n) is 16.7. The number of nitrogens with zero attached hydrogens (tertiary/aromatic N) is 2. The summed E-state index contributed by atoms with van der Waals surface area (Å²) in [6.07, 6.45) is 1.37. The molecule has 29 heavy (non-hydrogen) atoms. The molecule has 150 valence electrons. The Bertz CT molecular complexity index is 974. The number of carbonyl (C=O) groups is 1. The molecule has 2 N–H and O–H groups in total. The van der Waals surface area contributed by atoms with Crippen LogP contribution in [0.25, 0.3) is 0 Å². The minimum absolute atomic E-state index is 0.283. The zero-order valence-corrected chi connectivity index (χ0v) is 16.7. The third-order valence-corrected chi connectivity index (χ3v) is 4.27. The summed E-state index contributed by atoms with van der Waals surface area (Å²) in [5, 5.41) is 6.04. The average Bonchev–Trinajstić information content (AvgIpc) is 2.74. The molecule has 0 saturated heterocycles. The maximum absolute atomic E-state index is 12.4. The molecule has 3 aromatic rings. The Kier molecular flexibility index (Phi) is 6.63. The van der Waals surface area contributed by atoms with E-state index in [1.165, 1.54) is 6.33 Å². The van der Waals surface area contributed by atoms with Crippen LogP contribution in [0.3, 0.4) is 0 Å². The molecule has 0 radical (unpaired) electrons. The van der Waals surface area contributed by atoms with E-state index in [0.717, 1.165) is 22.6 Å². The third-order valence-electron chi connectivity index (χ3n) is 4.27. The molecule has 0 unspecified atom stereocenters. The monoisotopic (exact) mass is 392 g/mol. The minimum Gasteiger partial charge on any atom is -0.497 e. The van der Waals surface area contributed by atoms with Gasteiger partial charge in [-0.05, 0) is 55.3 Å². The van der Waals surface area contributed by atoms with Crippen LogP contribution in [-0.2, 0) is 0 Å². The number of methoxy groups -OCH3 is 1. The number of rotatable bonds is 8. The molecule has 0 aliphatic rings. The van der Waals surface area contributed by atoms with Gasteiger partial charge in [0.25, 0.3) is 5.91 Å². The van der Waals surface area contributed by atoms with Gasteiger partial charge in [0.15, 0.2) is 0 Å². The molecule has 0 spiro atoms. The highest BCUT2D eigenvalue weighted by Crippen LogP contribution is 2.20. The lowest BCUT2D eigenvalue weighted by molar-refractivity contribution is 0.0942. The van der Waals surface area contributed by atoms with Crippen LogP contribution in [0.2, 0.25) is 0 Å². The van der Waals surface area contributed by atoms with E-state index in [1.807, 2.05) is 56.3 Å². The maximum atomic E-state index is 12.4. The number of anilines is 2. The quantitative estimate of drug-likeness (QED) is 0.569. The Morgan fingerprint density at radius 1 is 1.00 bits per heavy atom. The van der Waals surface area contributed by atoms with Crippen LogP contribution in [0, 0.1) is 13.8 Å². The molecule has 0 aliphatic heterocycles. The Balaban J connectivity index is 1.53. The molecule has 0 aliphatic carbocycles. The normalized spacial score (nSPS) is 10.3. The van der Waals surface area contributed by atoms with Crippen LogP contribution in [0.4, 0.5) is 11.5 Å². The molecule has 7 nitrogen and oxygen atoms in total. The van der Waals surface area contributed by atoms with Gasteiger partial charge < -0.3 is 20.1 Å². The summed E-state index contributed by atoms with van der Waals surface area (Å²) in [5.41, 5.74) is 3.47. The average molecular weight is 392 g/mol. The summed E-state index contributed by atoms with van der Waals surface area (Å²) < 4.78 is 10.7. The van der Waals surface area contributed by atoms with Crippen LogP contribution >= 0.6 is 0 Å². The second-order valence-electron chi connectivity index (χ2n) is 6.51. The fraction of sp³-hybridized carbons (Fsp3) is 0.227. The largest absolute Gasteiger partial charge is 0.497 e. The highest BCUT2D eigenvalue weighted by molar-refractivity contribution is 5.93. The van der Waals surface area contributed by atoms with Gasteiger partial charge in [0.1, 0.15) is 35.9 Å². The predicted octanol–water partition coefficient (Wildman–Crippen LogP) is 3.65. The van der Waals surface area contributed by atoms with E-state index < -0.39 is 0 Å². The van der Waals surface area contributed by atoms with E-state index in [9.17, 15) is 4.79 Å². The number of nitrogens with one attached hydrogen (secondary N) is 2. The number of hydrogen-bond acceptors (Lipinski definition) is 6. The lowest BCUT2D eigenvalue weighted by Gasteiger charge is -2.11. The Morgan fingerprint density at radius 3 is 2.52 bits per heavy atom. The van der Waals surface area contributed by atoms with Gasteiger partial charge in [-0.25, -0.2) is 9.97 Å². The summed E-state index contributed by atoms with van der Waals surface area (Å²) >= 11 is 0. The van der Waals surface area contributed by atoms with Gasteiger partial charge in [0, 0.05) is 11.8 Å². The summed E-state index contributed by atoms with van der Waals surface area (Å²) in [4.78, 5) is 20.6. The summed E-state index contributed by atoms with van der Waals surface area (Å²) in [7, 11) is 1.61. The van der Waals surface area contributed by atoms with E-state index in [0.29, 0.717) is 24.7 Å². The highest BCUT2D eigenvalue weighted by Gasteiger charge is 2.09. The van der Waals surface area contributed by atoms with Gasteiger partial charge in [-0.3, -0.25) is 4.79 Å². The highest BCUT2D eigenvalue weighted by atomic mass is 16.5. The van der Waals surface area contributed by atoms with Crippen molar-refractivity contribution in [1.82, 2.24) is 15.3 Å². The summed E-state index contributed by atoms with van der Waals surface area (Å²) in [6, 6.07) is 15.0. The summed E-state index contributed by atoms with van der Waals surface area (Å²) in [5.74, 6) is 1.75. The zero-order chi connectivity index (χ0) is 20.6. The first-order valence-corrected chi connectivity index (χ1v) is 9.26. The topological polar surface area (TPSA) is 85.4 Å². The number of aromatic nitrogens is 2. The van der Waals surface area contributed by atoms with Crippen molar-refractivity contribution in [3.8, 4) is 11.5 Å². The summed E-state index contributed by atoms with van der Waals surface area (Å²) in [6.45, 7) is 4.74. The maximum Gasteiger partial charge on any atom is 0.270 e. The number of carbonyl (C=O) groups excluding carboxylic acids is 1. The number of hydrogen-bond donors (Lipinski definition) is 2. The molecule has 0 fully saturated rings. The lowest BCUT2D eigenvalue weighted by Crippen LogP contribution is -2.28. The number of benzene rings is 2. The van der Waals surface area contributed by atoms with Crippen molar-refractivity contribution < 1.29 is 14.3 Å². The fourth-order valence-electron chi connectivity index (χ4n) is 2.65.